The summed E-state index contributed by atoms with van der Waals surface area (Å²) in [5.41, 5.74) is 5.76. The summed E-state index contributed by atoms with van der Waals surface area (Å²) in [7, 11) is 0. The van der Waals surface area contributed by atoms with Crippen LogP contribution < -0.4 is 5.73 Å². The average Bonchev–Trinajstić information content (AvgIpc) is 2.03. The number of rotatable bonds is 0. The van der Waals surface area contributed by atoms with Crippen molar-refractivity contribution in [2.24, 2.45) is 10.7 Å². The van der Waals surface area contributed by atoms with E-state index in [9.17, 15) is 0 Å². The van der Waals surface area contributed by atoms with Gasteiger partial charge in [0.25, 0.3) is 0 Å². The van der Waals surface area contributed by atoms with E-state index in [0.717, 1.165) is 26.3 Å². The Hall–Kier alpha value is -0.770. The third-order valence-electron chi connectivity index (χ3n) is 1.79. The van der Waals surface area contributed by atoms with Crippen LogP contribution in [0.15, 0.2) is 4.99 Å². The van der Waals surface area contributed by atoms with Crippen LogP contribution in [-0.4, -0.2) is 42.7 Å². The van der Waals surface area contributed by atoms with Gasteiger partial charge in [0.2, 0.25) is 0 Å². The zero-order chi connectivity index (χ0) is 9.90. The van der Waals surface area contributed by atoms with Crippen LogP contribution in [0.2, 0.25) is 0 Å². The predicted molar refractivity (Wildman–Crippen MR) is 53.8 cm³/mol. The monoisotopic (exact) mass is 185 g/mol. The number of aliphatic imine (C=N–C) groups is 1. The predicted octanol–water partition coefficient (Wildman–Crippen LogP) is 0.432. The number of guanidine groups is 1. The van der Waals surface area contributed by atoms with Gasteiger partial charge >= 0.3 is 0 Å². The first-order valence-corrected chi connectivity index (χ1v) is 4.67. The van der Waals surface area contributed by atoms with Crippen molar-refractivity contribution in [3.8, 4) is 0 Å². The topological polar surface area (TPSA) is 50.8 Å². The quantitative estimate of drug-likeness (QED) is 0.440. The summed E-state index contributed by atoms with van der Waals surface area (Å²) in [6.45, 7) is 9.33. The number of ether oxygens (including phenoxy) is 1. The van der Waals surface area contributed by atoms with E-state index in [1.54, 1.807) is 0 Å². The van der Waals surface area contributed by atoms with Gasteiger partial charge in [-0.2, -0.15) is 0 Å². The van der Waals surface area contributed by atoms with Crippen molar-refractivity contribution in [3.63, 3.8) is 0 Å². The fourth-order valence-electron chi connectivity index (χ4n) is 1.21. The fraction of sp³-hybridized carbons (Fsp3) is 0.889. The molecule has 0 saturated carbocycles. The molecule has 0 bridgehead atoms. The number of nitrogens with zero attached hydrogens (tertiary/aromatic N) is 2. The Kier molecular flexibility index (Phi) is 3.14. The maximum atomic E-state index is 5.85. The fourth-order valence-corrected chi connectivity index (χ4v) is 1.21. The van der Waals surface area contributed by atoms with Gasteiger partial charge in [-0.15, -0.1) is 0 Å². The molecule has 1 fully saturated rings. The highest BCUT2D eigenvalue weighted by Gasteiger charge is 2.15. The van der Waals surface area contributed by atoms with Gasteiger partial charge in [-0.3, -0.25) is 0 Å². The molecule has 2 N–H and O–H groups in total. The molecule has 0 unspecified atom stereocenters. The Morgan fingerprint density at radius 1 is 1.31 bits per heavy atom. The van der Waals surface area contributed by atoms with E-state index >= 15 is 0 Å². The lowest BCUT2D eigenvalue weighted by molar-refractivity contribution is 0.0672. The molecule has 13 heavy (non-hydrogen) atoms. The van der Waals surface area contributed by atoms with E-state index in [4.69, 9.17) is 10.5 Å². The largest absolute Gasteiger partial charge is 0.378 e. The summed E-state index contributed by atoms with van der Waals surface area (Å²) in [6.07, 6.45) is 0. The molecular formula is C9H19N3O. The lowest BCUT2D eigenvalue weighted by Crippen LogP contribution is -2.45. The maximum Gasteiger partial charge on any atom is 0.191 e. The minimum Gasteiger partial charge on any atom is -0.378 e. The summed E-state index contributed by atoms with van der Waals surface area (Å²) in [4.78, 5) is 6.46. The van der Waals surface area contributed by atoms with Gasteiger partial charge in [-0.25, -0.2) is 4.99 Å². The third kappa shape index (κ3) is 3.63. The van der Waals surface area contributed by atoms with E-state index in [1.807, 2.05) is 20.8 Å². The lowest BCUT2D eigenvalue weighted by atomic mass is 10.1. The first kappa shape index (κ1) is 10.3. The Bertz CT molecular complexity index is 190. The molecule has 0 aromatic heterocycles. The molecule has 0 aliphatic carbocycles. The first-order chi connectivity index (χ1) is 5.99. The molecule has 4 heteroatoms. The summed E-state index contributed by atoms with van der Waals surface area (Å²) >= 11 is 0. The van der Waals surface area contributed by atoms with E-state index in [2.05, 4.69) is 9.89 Å². The maximum absolute atomic E-state index is 5.85. The molecule has 0 aromatic carbocycles. The van der Waals surface area contributed by atoms with E-state index in [0.29, 0.717) is 5.96 Å². The van der Waals surface area contributed by atoms with Crippen LogP contribution in [0.4, 0.5) is 0 Å². The Labute approximate surface area is 79.8 Å². The second kappa shape index (κ2) is 3.96. The Morgan fingerprint density at radius 3 is 2.31 bits per heavy atom. The standard InChI is InChI=1S/C9H19N3O/c1-9(2,3)11-8(10)12-4-6-13-7-5-12/h4-7H2,1-3H3,(H2,10,11). The zero-order valence-electron chi connectivity index (χ0n) is 8.71. The summed E-state index contributed by atoms with van der Waals surface area (Å²) in [5, 5.41) is 0. The van der Waals surface area contributed by atoms with E-state index < -0.39 is 0 Å². The third-order valence-corrected chi connectivity index (χ3v) is 1.79. The van der Waals surface area contributed by atoms with Crippen LogP contribution in [0.3, 0.4) is 0 Å². The Morgan fingerprint density at radius 2 is 1.85 bits per heavy atom. The summed E-state index contributed by atoms with van der Waals surface area (Å²) in [5.74, 6) is 0.635. The van der Waals surface area contributed by atoms with Gasteiger partial charge in [0.05, 0.1) is 18.8 Å². The average molecular weight is 185 g/mol. The van der Waals surface area contributed by atoms with E-state index in [-0.39, 0.29) is 5.54 Å². The summed E-state index contributed by atoms with van der Waals surface area (Å²) < 4.78 is 5.23. The number of morpholine rings is 1. The van der Waals surface area contributed by atoms with Crippen molar-refractivity contribution < 1.29 is 4.74 Å². The molecule has 0 radical (unpaired) electrons. The molecule has 1 heterocycles. The smallest absolute Gasteiger partial charge is 0.191 e. The van der Waals surface area contributed by atoms with Gasteiger partial charge < -0.3 is 15.4 Å². The van der Waals surface area contributed by atoms with E-state index in [1.165, 1.54) is 0 Å². The molecule has 1 aliphatic rings. The van der Waals surface area contributed by atoms with Crippen molar-refractivity contribution in [1.82, 2.24) is 4.90 Å². The second-order valence-corrected chi connectivity index (χ2v) is 4.24. The normalized spacial score (nSPS) is 20.5. The molecular weight excluding hydrogens is 166 g/mol. The number of nitrogens with two attached hydrogens (primary N) is 1. The SMILES string of the molecule is CC(C)(C)N=C(N)N1CCOCC1. The Balaban J connectivity index is 2.54. The van der Waals surface area contributed by atoms with Crippen molar-refractivity contribution in [3.05, 3.63) is 0 Å². The molecule has 1 aliphatic heterocycles. The molecule has 76 valence electrons. The van der Waals surface area contributed by atoms with Crippen LogP contribution in [0.1, 0.15) is 20.8 Å². The lowest BCUT2D eigenvalue weighted by Gasteiger charge is -2.29. The van der Waals surface area contributed by atoms with Crippen molar-refractivity contribution in [2.45, 2.75) is 26.3 Å². The molecule has 0 atom stereocenters. The minimum atomic E-state index is -0.0949. The number of hydrogen-bond donors (Lipinski definition) is 1. The van der Waals surface area contributed by atoms with Gasteiger partial charge in [-0.1, -0.05) is 0 Å². The van der Waals surface area contributed by atoms with Crippen LogP contribution in [0.5, 0.6) is 0 Å². The minimum absolute atomic E-state index is 0.0949. The molecule has 1 rings (SSSR count). The molecule has 0 aromatic rings. The van der Waals surface area contributed by atoms with Crippen LogP contribution in [0.25, 0.3) is 0 Å². The highest BCUT2D eigenvalue weighted by molar-refractivity contribution is 5.78. The van der Waals surface area contributed by atoms with Gasteiger partial charge in [-0.05, 0) is 20.8 Å². The van der Waals surface area contributed by atoms with Gasteiger partial charge in [0.15, 0.2) is 5.96 Å². The molecule has 0 amide bonds. The highest BCUT2D eigenvalue weighted by Crippen LogP contribution is 2.07. The first-order valence-electron chi connectivity index (χ1n) is 4.67. The van der Waals surface area contributed by atoms with Gasteiger partial charge in [0, 0.05) is 13.1 Å². The van der Waals surface area contributed by atoms with Crippen molar-refractivity contribution in [1.29, 1.82) is 0 Å². The molecule has 1 saturated heterocycles. The molecule has 0 spiro atoms. The highest BCUT2D eigenvalue weighted by atomic mass is 16.5. The van der Waals surface area contributed by atoms with Crippen LogP contribution in [0, 0.1) is 0 Å². The zero-order valence-corrected chi connectivity index (χ0v) is 8.71. The second-order valence-electron chi connectivity index (χ2n) is 4.24. The van der Waals surface area contributed by atoms with Crippen LogP contribution in [-0.2, 0) is 4.74 Å². The van der Waals surface area contributed by atoms with Gasteiger partial charge in [0.1, 0.15) is 0 Å². The summed E-state index contributed by atoms with van der Waals surface area (Å²) in [6, 6.07) is 0. The van der Waals surface area contributed by atoms with Crippen molar-refractivity contribution in [2.75, 3.05) is 26.3 Å². The van der Waals surface area contributed by atoms with Crippen LogP contribution >= 0.6 is 0 Å². The van der Waals surface area contributed by atoms with Crippen molar-refractivity contribution >= 4 is 5.96 Å². The molecule has 4 nitrogen and oxygen atoms in total. The number of hydrogen-bond acceptors (Lipinski definition) is 2.